The Morgan fingerprint density at radius 3 is 3.04 bits per heavy atom. The first-order chi connectivity index (χ1) is 11.6. The number of carboxylic acids is 1. The van der Waals surface area contributed by atoms with Crippen molar-refractivity contribution in [3.8, 4) is 0 Å². The minimum atomic E-state index is -0.982. The van der Waals surface area contributed by atoms with Crippen LogP contribution in [0.25, 0.3) is 0 Å². The molecule has 4 rings (SSSR count). The normalized spacial score (nSPS) is 17.8. The number of hydrogen-bond donors (Lipinski definition) is 1. The Morgan fingerprint density at radius 2 is 2.29 bits per heavy atom. The first kappa shape index (κ1) is 15.6. The van der Waals surface area contributed by atoms with Gasteiger partial charge >= 0.3 is 5.97 Å². The molecule has 0 saturated carbocycles. The minimum Gasteiger partial charge on any atom is -0.477 e. The molecule has 7 heteroatoms. The fraction of sp³-hybridized carbons (Fsp3) is 0.294. The number of hydrogen-bond acceptors (Lipinski definition) is 6. The van der Waals surface area contributed by atoms with E-state index in [4.69, 9.17) is 4.52 Å². The van der Waals surface area contributed by atoms with Gasteiger partial charge in [-0.1, -0.05) is 11.2 Å². The van der Waals surface area contributed by atoms with Crippen LogP contribution in [0, 0.1) is 6.92 Å². The molecule has 0 aliphatic carbocycles. The van der Waals surface area contributed by atoms with Gasteiger partial charge in [0.2, 0.25) is 0 Å². The highest BCUT2D eigenvalue weighted by atomic mass is 32.1. The molecule has 3 aromatic heterocycles. The van der Waals surface area contributed by atoms with Gasteiger partial charge in [-0.05, 0) is 41.8 Å². The summed E-state index contributed by atoms with van der Waals surface area (Å²) >= 11 is 3.53. The summed E-state index contributed by atoms with van der Waals surface area (Å²) in [6.07, 6.45) is 0.980. The summed E-state index contributed by atoms with van der Waals surface area (Å²) in [7, 11) is 0. The number of carbonyl (C=O) groups is 1. The van der Waals surface area contributed by atoms with Gasteiger partial charge in [-0.25, -0.2) is 4.79 Å². The van der Waals surface area contributed by atoms with Crippen LogP contribution in [-0.2, 0) is 13.0 Å². The zero-order chi connectivity index (χ0) is 16.7. The number of aryl methyl sites for hydroxylation is 1. The molecule has 3 aromatic rings. The largest absolute Gasteiger partial charge is 0.477 e. The lowest BCUT2D eigenvalue weighted by atomic mass is 9.98. The standard InChI is InChI=1S/C17H16N2O3S2/c1-10-15(17(20)21)12(18-22-10)9-19-6-4-13-11(5-8-24-13)16(19)14-3-2-7-23-14/h2-3,5,7-8,16H,4,6,9H2,1H3,(H,20,21). The molecule has 4 heterocycles. The van der Waals surface area contributed by atoms with Crippen LogP contribution in [0.5, 0.6) is 0 Å². The highest BCUT2D eigenvalue weighted by Crippen LogP contribution is 2.40. The van der Waals surface area contributed by atoms with E-state index in [9.17, 15) is 9.90 Å². The number of aromatic carboxylic acids is 1. The van der Waals surface area contributed by atoms with E-state index in [1.165, 1.54) is 15.3 Å². The second kappa shape index (κ2) is 6.16. The molecule has 0 spiro atoms. The van der Waals surface area contributed by atoms with E-state index >= 15 is 0 Å². The van der Waals surface area contributed by atoms with Crippen LogP contribution < -0.4 is 0 Å². The van der Waals surface area contributed by atoms with Gasteiger partial charge in [-0.2, -0.15) is 0 Å². The van der Waals surface area contributed by atoms with Crippen molar-refractivity contribution >= 4 is 28.6 Å². The van der Waals surface area contributed by atoms with Gasteiger partial charge in [0.15, 0.2) is 0 Å². The second-order valence-corrected chi connectivity index (χ2v) is 7.78. The average Bonchev–Trinajstić information content (AvgIpc) is 3.27. The average molecular weight is 360 g/mol. The molecule has 1 aliphatic heterocycles. The maximum absolute atomic E-state index is 11.5. The first-order valence-corrected chi connectivity index (χ1v) is 9.43. The van der Waals surface area contributed by atoms with E-state index in [0.717, 1.165) is 13.0 Å². The summed E-state index contributed by atoms with van der Waals surface area (Å²) in [4.78, 5) is 16.5. The van der Waals surface area contributed by atoms with Crippen molar-refractivity contribution in [1.29, 1.82) is 0 Å². The van der Waals surface area contributed by atoms with Gasteiger partial charge in [0.25, 0.3) is 0 Å². The third-order valence-electron chi connectivity index (χ3n) is 4.38. The molecule has 5 nitrogen and oxygen atoms in total. The summed E-state index contributed by atoms with van der Waals surface area (Å²) in [5, 5.41) is 17.6. The highest BCUT2D eigenvalue weighted by molar-refractivity contribution is 7.10. The van der Waals surface area contributed by atoms with E-state index < -0.39 is 5.97 Å². The van der Waals surface area contributed by atoms with Gasteiger partial charge in [0.1, 0.15) is 17.0 Å². The molecule has 0 fully saturated rings. The van der Waals surface area contributed by atoms with Crippen LogP contribution in [-0.4, -0.2) is 27.7 Å². The maximum Gasteiger partial charge on any atom is 0.341 e. The first-order valence-electron chi connectivity index (χ1n) is 7.67. The third-order valence-corrected chi connectivity index (χ3v) is 6.30. The van der Waals surface area contributed by atoms with Crippen LogP contribution in [0.3, 0.4) is 0 Å². The van der Waals surface area contributed by atoms with Crippen molar-refractivity contribution in [1.82, 2.24) is 10.1 Å². The van der Waals surface area contributed by atoms with Crippen LogP contribution in [0.15, 0.2) is 33.5 Å². The van der Waals surface area contributed by atoms with E-state index in [1.807, 2.05) is 0 Å². The fourth-order valence-electron chi connectivity index (χ4n) is 3.31. The van der Waals surface area contributed by atoms with Crippen molar-refractivity contribution in [2.75, 3.05) is 6.54 Å². The maximum atomic E-state index is 11.5. The molecule has 24 heavy (non-hydrogen) atoms. The zero-order valence-electron chi connectivity index (χ0n) is 13.1. The molecule has 0 radical (unpaired) electrons. The summed E-state index contributed by atoms with van der Waals surface area (Å²) in [5.74, 6) is -0.622. The van der Waals surface area contributed by atoms with Gasteiger partial charge in [0.05, 0.1) is 6.04 Å². The molecule has 1 unspecified atom stereocenters. The number of rotatable bonds is 4. The molecule has 1 aliphatic rings. The summed E-state index contributed by atoms with van der Waals surface area (Å²) in [6.45, 7) is 2.99. The lowest BCUT2D eigenvalue weighted by molar-refractivity contribution is 0.0692. The van der Waals surface area contributed by atoms with E-state index in [-0.39, 0.29) is 11.6 Å². The Kier molecular flexibility index (Phi) is 3.99. The fourth-order valence-corrected chi connectivity index (χ4v) is 5.09. The summed E-state index contributed by atoms with van der Waals surface area (Å²) < 4.78 is 5.13. The number of nitrogens with zero attached hydrogens (tertiary/aromatic N) is 2. The highest BCUT2D eigenvalue weighted by Gasteiger charge is 2.32. The summed E-state index contributed by atoms with van der Waals surface area (Å²) in [5.41, 5.74) is 2.02. The number of thiophene rings is 2. The number of fused-ring (bicyclic) bond motifs is 1. The predicted octanol–water partition coefficient (Wildman–Crippen LogP) is 3.95. The van der Waals surface area contributed by atoms with Crippen LogP contribution >= 0.6 is 22.7 Å². The number of aromatic nitrogens is 1. The topological polar surface area (TPSA) is 66.6 Å². The van der Waals surface area contributed by atoms with Crippen molar-refractivity contribution in [3.63, 3.8) is 0 Å². The van der Waals surface area contributed by atoms with Crippen molar-refractivity contribution in [2.45, 2.75) is 25.9 Å². The second-order valence-electron chi connectivity index (χ2n) is 5.80. The van der Waals surface area contributed by atoms with E-state index in [1.54, 1.807) is 29.6 Å². The zero-order valence-corrected chi connectivity index (χ0v) is 14.7. The lowest BCUT2D eigenvalue weighted by Gasteiger charge is -2.34. The monoisotopic (exact) mass is 360 g/mol. The SMILES string of the molecule is Cc1onc(CN2CCc3sccc3C2c2cccs2)c1C(=O)O. The van der Waals surface area contributed by atoms with Crippen LogP contribution in [0.2, 0.25) is 0 Å². The summed E-state index contributed by atoms with van der Waals surface area (Å²) in [6, 6.07) is 6.53. The Hall–Kier alpha value is -1.96. The van der Waals surface area contributed by atoms with Crippen LogP contribution in [0.4, 0.5) is 0 Å². The molecule has 0 aromatic carbocycles. The van der Waals surface area contributed by atoms with Crippen molar-refractivity contribution in [2.24, 2.45) is 0 Å². The van der Waals surface area contributed by atoms with E-state index in [0.29, 0.717) is 18.0 Å². The molecular weight excluding hydrogens is 344 g/mol. The minimum absolute atomic E-state index is 0.152. The smallest absolute Gasteiger partial charge is 0.341 e. The number of carboxylic acid groups (broad SMARTS) is 1. The molecule has 0 saturated heterocycles. The molecular formula is C17H16N2O3S2. The Balaban J connectivity index is 1.71. The van der Waals surface area contributed by atoms with Gasteiger partial charge in [-0.3, -0.25) is 4.90 Å². The van der Waals surface area contributed by atoms with Gasteiger partial charge in [-0.15, -0.1) is 22.7 Å². The molecule has 1 N–H and O–H groups in total. The van der Waals surface area contributed by atoms with Crippen LogP contribution in [0.1, 0.15) is 43.2 Å². The predicted molar refractivity (Wildman–Crippen MR) is 92.8 cm³/mol. The Labute approximate surface area is 147 Å². The molecule has 0 amide bonds. The Morgan fingerprint density at radius 1 is 1.42 bits per heavy atom. The molecule has 124 valence electrons. The van der Waals surface area contributed by atoms with Crippen molar-refractivity contribution < 1.29 is 14.4 Å². The molecule has 0 bridgehead atoms. The molecule has 1 atom stereocenters. The quantitative estimate of drug-likeness (QED) is 0.763. The third kappa shape index (κ3) is 2.58. The Bertz CT molecular complexity index is 866. The van der Waals surface area contributed by atoms with Crippen molar-refractivity contribution in [3.05, 3.63) is 61.3 Å². The lowest BCUT2D eigenvalue weighted by Crippen LogP contribution is -2.35. The van der Waals surface area contributed by atoms with Gasteiger partial charge < -0.3 is 9.63 Å². The van der Waals surface area contributed by atoms with E-state index in [2.05, 4.69) is 39.0 Å². The van der Waals surface area contributed by atoms with Gasteiger partial charge in [0, 0.05) is 22.8 Å².